The molecular formula is C11H14N2O4S. The number of amides is 1. The van der Waals surface area contributed by atoms with Crippen LogP contribution in [-0.4, -0.2) is 22.0 Å². The molecule has 6 nitrogen and oxygen atoms in total. The van der Waals surface area contributed by atoms with Gasteiger partial charge in [-0.15, -0.1) is 0 Å². The Morgan fingerprint density at radius 3 is 2.78 bits per heavy atom. The van der Waals surface area contributed by atoms with Crippen LogP contribution in [0.4, 0.5) is 0 Å². The molecule has 1 aliphatic rings. The first kappa shape index (κ1) is 12.8. The Balaban J connectivity index is 1.91. The van der Waals surface area contributed by atoms with Crippen LogP contribution < -0.4 is 10.2 Å². The predicted octanol–water partition coefficient (Wildman–Crippen LogP) is 0.554. The average Bonchev–Trinajstić information content (AvgIpc) is 2.94. The average molecular weight is 270 g/mol. The van der Waals surface area contributed by atoms with Crippen LogP contribution in [-0.2, 0) is 16.1 Å². The quantitative estimate of drug-likeness (QED) is 0.744. The molecule has 0 spiro atoms. The third kappa shape index (κ3) is 2.79. The van der Waals surface area contributed by atoms with Crippen molar-refractivity contribution < 1.29 is 14.7 Å². The molecule has 1 fully saturated rings. The summed E-state index contributed by atoms with van der Waals surface area (Å²) in [4.78, 5) is 36.2. The van der Waals surface area contributed by atoms with Gasteiger partial charge in [0.05, 0.1) is 18.4 Å². The van der Waals surface area contributed by atoms with Crippen molar-refractivity contribution in [2.24, 2.45) is 11.8 Å². The molecule has 0 unspecified atom stereocenters. The van der Waals surface area contributed by atoms with Gasteiger partial charge in [-0.1, -0.05) is 17.8 Å². The second-order valence-electron chi connectivity index (χ2n) is 4.37. The maximum absolute atomic E-state index is 11.9. The van der Waals surface area contributed by atoms with E-state index < -0.39 is 17.8 Å². The van der Waals surface area contributed by atoms with E-state index in [1.54, 1.807) is 5.38 Å². The SMILES string of the molecule is O=C(O)[C@H]1CCC[C@H]1C(=O)NCc1csc(=O)[nH]1. The number of aromatic amines is 1. The topological polar surface area (TPSA) is 99.3 Å². The van der Waals surface area contributed by atoms with Crippen molar-refractivity contribution in [3.8, 4) is 0 Å². The van der Waals surface area contributed by atoms with Crippen molar-refractivity contribution >= 4 is 23.2 Å². The summed E-state index contributed by atoms with van der Waals surface area (Å²) < 4.78 is 0. The van der Waals surface area contributed by atoms with Gasteiger partial charge in [0.15, 0.2) is 0 Å². The maximum Gasteiger partial charge on any atom is 0.307 e. The molecule has 0 saturated heterocycles. The normalized spacial score (nSPS) is 22.9. The third-order valence-electron chi connectivity index (χ3n) is 3.19. The molecule has 3 N–H and O–H groups in total. The molecule has 0 aliphatic heterocycles. The number of nitrogens with one attached hydrogen (secondary N) is 2. The molecule has 0 bridgehead atoms. The number of carboxylic acids is 1. The van der Waals surface area contributed by atoms with Crippen LogP contribution in [0, 0.1) is 11.8 Å². The van der Waals surface area contributed by atoms with Crippen molar-refractivity contribution in [3.63, 3.8) is 0 Å². The van der Waals surface area contributed by atoms with E-state index in [1.165, 1.54) is 0 Å². The first-order valence-electron chi connectivity index (χ1n) is 5.75. The molecule has 2 rings (SSSR count). The number of rotatable bonds is 4. The Labute approximate surface area is 107 Å². The first-order valence-corrected chi connectivity index (χ1v) is 6.63. The van der Waals surface area contributed by atoms with Gasteiger partial charge in [-0.2, -0.15) is 0 Å². The predicted molar refractivity (Wildman–Crippen MR) is 65.3 cm³/mol. The molecule has 1 aromatic heterocycles. The number of H-pyrrole nitrogens is 1. The third-order valence-corrected chi connectivity index (χ3v) is 3.91. The van der Waals surface area contributed by atoms with Crippen LogP contribution >= 0.6 is 11.3 Å². The molecule has 1 aliphatic carbocycles. The molecule has 1 aromatic rings. The maximum atomic E-state index is 11.9. The standard InChI is InChI=1S/C11H14N2O4S/c14-9(7-2-1-3-8(7)10(15)16)12-4-6-5-18-11(17)13-6/h5,7-8H,1-4H2,(H,12,14)(H,13,17)(H,15,16)/t7-,8+/m1/s1. The number of carbonyl (C=O) groups is 2. The zero-order chi connectivity index (χ0) is 13.1. The Hall–Kier alpha value is -1.63. The van der Waals surface area contributed by atoms with Crippen LogP contribution in [0.25, 0.3) is 0 Å². The summed E-state index contributed by atoms with van der Waals surface area (Å²) in [6.07, 6.45) is 1.94. The lowest BCUT2D eigenvalue weighted by atomic mass is 9.95. The van der Waals surface area contributed by atoms with Crippen molar-refractivity contribution in [2.75, 3.05) is 0 Å². The largest absolute Gasteiger partial charge is 0.481 e. The van der Waals surface area contributed by atoms with Gasteiger partial charge in [-0.05, 0) is 12.8 Å². The van der Waals surface area contributed by atoms with Gasteiger partial charge in [0, 0.05) is 11.1 Å². The fourth-order valence-corrected chi connectivity index (χ4v) is 2.86. The molecular weight excluding hydrogens is 256 g/mol. The molecule has 0 aromatic carbocycles. The number of hydrogen-bond acceptors (Lipinski definition) is 4. The lowest BCUT2D eigenvalue weighted by Gasteiger charge is -2.15. The van der Waals surface area contributed by atoms with Gasteiger partial charge in [-0.3, -0.25) is 14.4 Å². The summed E-state index contributed by atoms with van der Waals surface area (Å²) in [6, 6.07) is 0. The molecule has 1 amide bonds. The van der Waals surface area contributed by atoms with Gasteiger partial charge >= 0.3 is 10.8 Å². The first-order chi connectivity index (χ1) is 8.58. The Morgan fingerprint density at radius 2 is 2.17 bits per heavy atom. The lowest BCUT2D eigenvalue weighted by molar-refractivity contribution is -0.146. The number of aliphatic carboxylic acids is 1. The number of hydrogen-bond donors (Lipinski definition) is 3. The van der Waals surface area contributed by atoms with Crippen molar-refractivity contribution in [2.45, 2.75) is 25.8 Å². The van der Waals surface area contributed by atoms with Crippen molar-refractivity contribution in [1.82, 2.24) is 10.3 Å². The minimum atomic E-state index is -0.906. The van der Waals surface area contributed by atoms with E-state index in [-0.39, 0.29) is 17.3 Å². The van der Waals surface area contributed by atoms with E-state index >= 15 is 0 Å². The highest BCUT2D eigenvalue weighted by Crippen LogP contribution is 2.32. The molecule has 1 saturated carbocycles. The van der Waals surface area contributed by atoms with Crippen molar-refractivity contribution in [3.05, 3.63) is 20.7 Å². The molecule has 7 heteroatoms. The fraction of sp³-hybridized carbons (Fsp3) is 0.545. The zero-order valence-electron chi connectivity index (χ0n) is 9.64. The highest BCUT2D eigenvalue weighted by atomic mass is 32.1. The Morgan fingerprint density at radius 1 is 1.44 bits per heavy atom. The number of aromatic nitrogens is 1. The second kappa shape index (κ2) is 5.34. The highest BCUT2D eigenvalue weighted by molar-refractivity contribution is 7.07. The van der Waals surface area contributed by atoms with E-state index in [1.807, 2.05) is 0 Å². The minimum absolute atomic E-state index is 0.163. The minimum Gasteiger partial charge on any atom is -0.481 e. The number of carbonyl (C=O) groups excluding carboxylic acids is 1. The Bertz CT molecular complexity index is 507. The number of thiazole rings is 1. The highest BCUT2D eigenvalue weighted by Gasteiger charge is 2.37. The van der Waals surface area contributed by atoms with Crippen LogP contribution in [0.15, 0.2) is 10.2 Å². The molecule has 98 valence electrons. The van der Waals surface area contributed by atoms with Crippen LogP contribution in [0.3, 0.4) is 0 Å². The van der Waals surface area contributed by atoms with Crippen LogP contribution in [0.2, 0.25) is 0 Å². The van der Waals surface area contributed by atoms with E-state index in [0.29, 0.717) is 18.5 Å². The molecule has 1 heterocycles. The number of carboxylic acid groups (broad SMARTS) is 1. The van der Waals surface area contributed by atoms with Gasteiger partial charge in [0.1, 0.15) is 0 Å². The van der Waals surface area contributed by atoms with E-state index in [4.69, 9.17) is 5.11 Å². The second-order valence-corrected chi connectivity index (χ2v) is 5.22. The summed E-state index contributed by atoms with van der Waals surface area (Å²) in [6.45, 7) is 0.237. The van der Waals surface area contributed by atoms with Gasteiger partial charge in [0.2, 0.25) is 5.91 Å². The summed E-state index contributed by atoms with van der Waals surface area (Å²) in [5.41, 5.74) is 0.642. The monoisotopic (exact) mass is 270 g/mol. The van der Waals surface area contributed by atoms with E-state index in [9.17, 15) is 14.4 Å². The van der Waals surface area contributed by atoms with E-state index in [0.717, 1.165) is 17.8 Å². The molecule has 0 radical (unpaired) electrons. The van der Waals surface area contributed by atoms with Gasteiger partial charge in [-0.25, -0.2) is 0 Å². The van der Waals surface area contributed by atoms with E-state index in [2.05, 4.69) is 10.3 Å². The van der Waals surface area contributed by atoms with Crippen LogP contribution in [0.1, 0.15) is 25.0 Å². The fourth-order valence-electron chi connectivity index (χ4n) is 2.28. The molecule has 18 heavy (non-hydrogen) atoms. The summed E-state index contributed by atoms with van der Waals surface area (Å²) >= 11 is 1.04. The zero-order valence-corrected chi connectivity index (χ0v) is 10.5. The smallest absolute Gasteiger partial charge is 0.307 e. The summed E-state index contributed by atoms with van der Waals surface area (Å²) in [5.74, 6) is -2.18. The van der Waals surface area contributed by atoms with Crippen LogP contribution in [0.5, 0.6) is 0 Å². The molecule has 2 atom stereocenters. The lowest BCUT2D eigenvalue weighted by Crippen LogP contribution is -2.35. The Kier molecular flexibility index (Phi) is 3.81. The van der Waals surface area contributed by atoms with Crippen molar-refractivity contribution in [1.29, 1.82) is 0 Å². The summed E-state index contributed by atoms with van der Waals surface area (Å²) in [5, 5.41) is 13.3. The van der Waals surface area contributed by atoms with Gasteiger partial charge in [0.25, 0.3) is 0 Å². The summed E-state index contributed by atoms with van der Waals surface area (Å²) in [7, 11) is 0. The van der Waals surface area contributed by atoms with Gasteiger partial charge < -0.3 is 15.4 Å².